The largest absolute Gasteiger partial charge is 0.497 e. The number of nitrogens with zero attached hydrogens (tertiary/aromatic N) is 2. The molecule has 186 valence electrons. The van der Waals surface area contributed by atoms with Crippen molar-refractivity contribution in [2.24, 2.45) is 0 Å². The van der Waals surface area contributed by atoms with Crippen LogP contribution in [0.3, 0.4) is 0 Å². The molecule has 4 rings (SSSR count). The highest BCUT2D eigenvalue weighted by Gasteiger charge is 2.31. The molecule has 2 N–H and O–H groups in total. The molecule has 2 heterocycles. The molecule has 1 saturated heterocycles. The van der Waals surface area contributed by atoms with Crippen molar-refractivity contribution < 1.29 is 27.1 Å². The summed E-state index contributed by atoms with van der Waals surface area (Å²) < 4.78 is 49.7. The first-order chi connectivity index (χ1) is 16.8. The molecule has 0 aliphatic carbocycles. The standard InChI is InChI=1S/C25H27F3N4O3/c1-34-21-9-7-20(8-10-21)31-11-13-32(14-12-31)22(23-6-3-15-35-23)17-29-24(33)30-19-5-2-4-18(16-19)25(26,27)28/h2-10,15-16,22H,11-14,17H2,1H3,(H2,29,30,33). The summed E-state index contributed by atoms with van der Waals surface area (Å²) in [5, 5.41) is 5.25. The molecule has 1 fully saturated rings. The Labute approximate surface area is 201 Å². The summed E-state index contributed by atoms with van der Waals surface area (Å²) in [6.45, 7) is 3.31. The average Bonchev–Trinajstić information content (AvgIpc) is 3.39. The quantitative estimate of drug-likeness (QED) is 0.490. The van der Waals surface area contributed by atoms with Crippen molar-refractivity contribution in [1.82, 2.24) is 10.2 Å². The Balaban J connectivity index is 1.36. The topological polar surface area (TPSA) is 70.0 Å². The molecule has 10 heteroatoms. The lowest BCUT2D eigenvalue weighted by atomic mass is 10.1. The van der Waals surface area contributed by atoms with E-state index in [-0.39, 0.29) is 18.3 Å². The lowest BCUT2D eigenvalue weighted by molar-refractivity contribution is -0.137. The molecule has 1 aromatic heterocycles. The second kappa shape index (κ2) is 10.7. The van der Waals surface area contributed by atoms with Gasteiger partial charge in [0.2, 0.25) is 0 Å². The third-order valence-corrected chi connectivity index (χ3v) is 5.97. The van der Waals surface area contributed by atoms with Crippen LogP contribution in [-0.4, -0.2) is 50.8 Å². The molecule has 2 aromatic carbocycles. The number of hydrogen-bond acceptors (Lipinski definition) is 5. The van der Waals surface area contributed by atoms with Crippen LogP contribution in [0.15, 0.2) is 71.3 Å². The highest BCUT2D eigenvalue weighted by atomic mass is 19.4. The Morgan fingerprint density at radius 2 is 1.80 bits per heavy atom. The van der Waals surface area contributed by atoms with E-state index in [0.717, 1.165) is 49.7 Å². The number of furan rings is 1. The summed E-state index contributed by atoms with van der Waals surface area (Å²) in [7, 11) is 1.64. The first kappa shape index (κ1) is 24.5. The molecular weight excluding hydrogens is 461 g/mol. The van der Waals surface area contributed by atoms with Gasteiger partial charge in [-0.3, -0.25) is 4.90 Å². The fourth-order valence-corrected chi connectivity index (χ4v) is 4.11. The van der Waals surface area contributed by atoms with Crippen LogP contribution < -0.4 is 20.3 Å². The number of benzene rings is 2. The number of methoxy groups -OCH3 is 1. The molecule has 0 bridgehead atoms. The Morgan fingerprint density at radius 3 is 2.43 bits per heavy atom. The van der Waals surface area contributed by atoms with Crippen LogP contribution in [-0.2, 0) is 6.18 Å². The fourth-order valence-electron chi connectivity index (χ4n) is 4.11. The van der Waals surface area contributed by atoms with Crippen molar-refractivity contribution in [3.63, 3.8) is 0 Å². The van der Waals surface area contributed by atoms with Gasteiger partial charge in [0.05, 0.1) is 25.0 Å². The number of hydrogen-bond donors (Lipinski definition) is 2. The number of ether oxygens (including phenoxy) is 1. The average molecular weight is 489 g/mol. The Bertz CT molecular complexity index is 1100. The minimum Gasteiger partial charge on any atom is -0.497 e. The number of rotatable bonds is 7. The summed E-state index contributed by atoms with van der Waals surface area (Å²) in [4.78, 5) is 17.0. The first-order valence-corrected chi connectivity index (χ1v) is 11.2. The maximum atomic E-state index is 12.9. The van der Waals surface area contributed by atoms with Crippen molar-refractivity contribution in [3.8, 4) is 5.75 Å². The number of nitrogens with one attached hydrogen (secondary N) is 2. The number of amides is 2. The van der Waals surface area contributed by atoms with Gasteiger partial charge in [0.1, 0.15) is 11.5 Å². The minimum atomic E-state index is -4.48. The number of piperazine rings is 1. The highest BCUT2D eigenvalue weighted by Crippen LogP contribution is 2.31. The number of anilines is 2. The van der Waals surface area contributed by atoms with Gasteiger partial charge in [-0.2, -0.15) is 13.2 Å². The van der Waals surface area contributed by atoms with Gasteiger partial charge < -0.3 is 24.7 Å². The van der Waals surface area contributed by atoms with Gasteiger partial charge in [0, 0.05) is 44.1 Å². The molecule has 3 aromatic rings. The molecule has 2 amide bonds. The van der Waals surface area contributed by atoms with Crippen molar-refractivity contribution >= 4 is 17.4 Å². The van der Waals surface area contributed by atoms with Gasteiger partial charge in [-0.25, -0.2) is 4.79 Å². The van der Waals surface area contributed by atoms with Gasteiger partial charge in [-0.1, -0.05) is 6.07 Å². The van der Waals surface area contributed by atoms with Crippen molar-refractivity contribution in [3.05, 3.63) is 78.3 Å². The first-order valence-electron chi connectivity index (χ1n) is 11.2. The van der Waals surface area contributed by atoms with E-state index in [1.807, 2.05) is 30.3 Å². The monoisotopic (exact) mass is 488 g/mol. The molecule has 35 heavy (non-hydrogen) atoms. The third kappa shape index (κ3) is 6.27. The van der Waals surface area contributed by atoms with Crippen molar-refractivity contribution in [1.29, 1.82) is 0 Å². The van der Waals surface area contributed by atoms with Crippen LogP contribution >= 0.6 is 0 Å². The third-order valence-electron chi connectivity index (χ3n) is 5.97. The summed E-state index contributed by atoms with van der Waals surface area (Å²) in [5.41, 5.74) is 0.358. The van der Waals surface area contributed by atoms with E-state index >= 15 is 0 Å². The van der Waals surface area contributed by atoms with E-state index < -0.39 is 17.8 Å². The molecule has 0 saturated carbocycles. The van der Waals surface area contributed by atoms with E-state index in [9.17, 15) is 18.0 Å². The van der Waals surface area contributed by atoms with E-state index in [4.69, 9.17) is 9.15 Å². The zero-order chi connectivity index (χ0) is 24.8. The van der Waals surface area contributed by atoms with Crippen LogP contribution in [0.5, 0.6) is 5.75 Å². The fraction of sp³-hybridized carbons (Fsp3) is 0.320. The molecule has 1 aliphatic heterocycles. The molecule has 1 aliphatic rings. The Kier molecular flexibility index (Phi) is 7.50. The maximum Gasteiger partial charge on any atom is 0.416 e. The van der Waals surface area contributed by atoms with Gasteiger partial charge in [-0.05, 0) is 54.6 Å². The Hall–Kier alpha value is -3.66. The summed E-state index contributed by atoms with van der Waals surface area (Å²) in [5.74, 6) is 1.52. The minimum absolute atomic E-state index is 0.0694. The molecule has 1 unspecified atom stereocenters. The highest BCUT2D eigenvalue weighted by molar-refractivity contribution is 5.89. The van der Waals surface area contributed by atoms with Crippen LogP contribution in [0.25, 0.3) is 0 Å². The van der Waals surface area contributed by atoms with Gasteiger partial charge >= 0.3 is 12.2 Å². The van der Waals surface area contributed by atoms with Crippen LogP contribution in [0, 0.1) is 0 Å². The van der Waals surface area contributed by atoms with Crippen LogP contribution in [0.4, 0.5) is 29.3 Å². The summed E-state index contributed by atoms with van der Waals surface area (Å²) >= 11 is 0. The van der Waals surface area contributed by atoms with E-state index in [1.165, 1.54) is 12.1 Å². The number of carbonyl (C=O) groups is 1. The van der Waals surface area contributed by atoms with Gasteiger partial charge in [-0.15, -0.1) is 0 Å². The predicted octanol–water partition coefficient (Wildman–Crippen LogP) is 4.99. The summed E-state index contributed by atoms with van der Waals surface area (Å²) in [6.07, 6.45) is -2.90. The predicted molar refractivity (Wildman–Crippen MR) is 127 cm³/mol. The smallest absolute Gasteiger partial charge is 0.416 e. The van der Waals surface area contributed by atoms with Crippen molar-refractivity contribution in [2.45, 2.75) is 12.2 Å². The number of alkyl halides is 3. The van der Waals surface area contributed by atoms with Crippen molar-refractivity contribution in [2.75, 3.05) is 50.1 Å². The van der Waals surface area contributed by atoms with E-state index in [1.54, 1.807) is 19.4 Å². The van der Waals surface area contributed by atoms with Gasteiger partial charge in [0.15, 0.2) is 0 Å². The number of carbonyl (C=O) groups excluding carboxylic acids is 1. The Morgan fingerprint density at radius 1 is 1.06 bits per heavy atom. The summed E-state index contributed by atoms with van der Waals surface area (Å²) in [6, 6.07) is 15.3. The lowest BCUT2D eigenvalue weighted by Crippen LogP contribution is -2.50. The second-order valence-electron chi connectivity index (χ2n) is 8.17. The lowest BCUT2D eigenvalue weighted by Gasteiger charge is -2.39. The van der Waals surface area contributed by atoms with Crippen LogP contribution in [0.2, 0.25) is 0 Å². The van der Waals surface area contributed by atoms with E-state index in [0.29, 0.717) is 5.76 Å². The number of urea groups is 1. The molecular formula is C25H27F3N4O3. The molecule has 7 nitrogen and oxygen atoms in total. The zero-order valence-corrected chi connectivity index (χ0v) is 19.2. The second-order valence-corrected chi connectivity index (χ2v) is 8.17. The van der Waals surface area contributed by atoms with Gasteiger partial charge in [0.25, 0.3) is 0 Å². The number of halogens is 3. The maximum absolute atomic E-state index is 12.9. The zero-order valence-electron chi connectivity index (χ0n) is 19.2. The normalized spacial score (nSPS) is 15.5. The van der Waals surface area contributed by atoms with E-state index in [2.05, 4.69) is 20.4 Å². The SMILES string of the molecule is COc1ccc(N2CCN(C(CNC(=O)Nc3cccc(C(F)(F)F)c3)c3ccco3)CC2)cc1. The van der Waals surface area contributed by atoms with Crippen LogP contribution in [0.1, 0.15) is 17.4 Å². The molecule has 1 atom stereocenters. The molecule has 0 radical (unpaired) electrons. The molecule has 0 spiro atoms.